The molecule has 2 aliphatic heterocycles. The van der Waals surface area contributed by atoms with Crippen molar-refractivity contribution in [2.75, 3.05) is 6.61 Å². The van der Waals surface area contributed by atoms with Gasteiger partial charge in [-0.2, -0.15) is 0 Å². The van der Waals surface area contributed by atoms with Gasteiger partial charge >= 0.3 is 6.09 Å². The van der Waals surface area contributed by atoms with Crippen molar-refractivity contribution in [3.05, 3.63) is 33.9 Å². The first-order valence-corrected chi connectivity index (χ1v) is 7.15. The normalized spacial score (nSPS) is 29.3. The number of aliphatic hydroxyl groups is 2. The largest absolute Gasteiger partial charge is 0.418 e. The number of hydrogen-bond acceptors (Lipinski definition) is 9. The van der Waals surface area contributed by atoms with E-state index in [0.29, 0.717) is 0 Å². The summed E-state index contributed by atoms with van der Waals surface area (Å²) in [7, 11) is 0. The predicted molar refractivity (Wildman–Crippen MR) is 77.4 cm³/mol. The summed E-state index contributed by atoms with van der Waals surface area (Å²) in [6.07, 6.45) is -4.39. The monoisotopic (exact) mass is 340 g/mol. The highest BCUT2D eigenvalue weighted by Gasteiger charge is 2.45. The molecule has 0 bridgehead atoms. The summed E-state index contributed by atoms with van der Waals surface area (Å²) in [5.74, 6) is 5.67. The van der Waals surface area contributed by atoms with E-state index in [9.17, 15) is 20.0 Å². The fraction of sp³-hybridized carbons (Fsp3) is 0.462. The Hall–Kier alpha value is -2.31. The van der Waals surface area contributed by atoms with Crippen LogP contribution in [-0.4, -0.2) is 51.2 Å². The first-order valence-electron chi connectivity index (χ1n) is 7.15. The quantitative estimate of drug-likeness (QED) is 0.317. The van der Waals surface area contributed by atoms with Crippen LogP contribution in [0.1, 0.15) is 18.2 Å². The van der Waals surface area contributed by atoms with Gasteiger partial charge in [-0.25, -0.2) is 10.2 Å². The van der Waals surface area contributed by atoms with Crippen molar-refractivity contribution in [1.29, 1.82) is 0 Å². The fourth-order valence-electron chi connectivity index (χ4n) is 2.86. The lowest BCUT2D eigenvalue weighted by atomic mass is 10.1. The first kappa shape index (κ1) is 16.5. The number of rotatable bonds is 4. The van der Waals surface area contributed by atoms with Crippen LogP contribution < -0.4 is 16.0 Å². The van der Waals surface area contributed by atoms with Crippen LogP contribution in [0.3, 0.4) is 0 Å². The van der Waals surface area contributed by atoms with Crippen LogP contribution in [0.5, 0.6) is 5.75 Å². The Morgan fingerprint density at radius 3 is 2.83 bits per heavy atom. The summed E-state index contributed by atoms with van der Waals surface area (Å²) in [5.41, 5.74) is 2.51. The molecule has 11 heteroatoms. The number of ether oxygens (including phenoxy) is 2. The Morgan fingerprint density at radius 2 is 2.25 bits per heavy atom. The second-order valence-corrected chi connectivity index (χ2v) is 5.44. The number of carbonyl (C=O) groups is 1. The van der Waals surface area contributed by atoms with Crippen molar-refractivity contribution in [3.8, 4) is 5.75 Å². The molecule has 0 spiro atoms. The average Bonchev–Trinajstić information content (AvgIpc) is 2.93. The molecule has 130 valence electrons. The van der Waals surface area contributed by atoms with Gasteiger partial charge in [-0.1, -0.05) is 0 Å². The molecule has 2 heterocycles. The number of carbonyl (C=O) groups excluding carboxylic acids is 1. The van der Waals surface area contributed by atoms with E-state index in [0.717, 1.165) is 4.90 Å². The number of aliphatic hydroxyl groups excluding tert-OH is 2. The van der Waals surface area contributed by atoms with Gasteiger partial charge in [0, 0.05) is 24.1 Å². The Kier molecular flexibility index (Phi) is 4.34. The van der Waals surface area contributed by atoms with E-state index in [-0.39, 0.29) is 23.4 Å². The third-order valence-electron chi connectivity index (χ3n) is 4.04. The number of amides is 1. The number of nitrogens with one attached hydrogen (secondary N) is 1. The molecule has 4 atom stereocenters. The zero-order valence-electron chi connectivity index (χ0n) is 12.4. The van der Waals surface area contributed by atoms with Crippen LogP contribution in [0.4, 0.5) is 10.5 Å². The molecule has 1 aromatic rings. The number of hydrogen-bond donors (Lipinski definition) is 4. The SMILES string of the molecule is NNC1c2cc([N+](=O)[O-])ccc2OC(=O)N1[C@H]1C[C@H](O)[C@@H](CO)O1. The van der Waals surface area contributed by atoms with Gasteiger partial charge in [0.2, 0.25) is 0 Å². The van der Waals surface area contributed by atoms with Crippen molar-refractivity contribution >= 4 is 11.8 Å². The van der Waals surface area contributed by atoms with E-state index < -0.39 is 42.2 Å². The Labute approximate surface area is 135 Å². The van der Waals surface area contributed by atoms with Gasteiger partial charge in [0.05, 0.1) is 17.6 Å². The summed E-state index contributed by atoms with van der Waals surface area (Å²) in [6.45, 7) is -0.413. The van der Waals surface area contributed by atoms with Crippen LogP contribution in [0.2, 0.25) is 0 Å². The maximum Gasteiger partial charge on any atom is 0.418 e. The van der Waals surface area contributed by atoms with Crippen LogP contribution >= 0.6 is 0 Å². The van der Waals surface area contributed by atoms with Crippen molar-refractivity contribution in [1.82, 2.24) is 10.3 Å². The van der Waals surface area contributed by atoms with Gasteiger partial charge < -0.3 is 19.7 Å². The molecule has 0 aliphatic carbocycles. The van der Waals surface area contributed by atoms with Gasteiger partial charge in [-0.3, -0.25) is 20.9 Å². The summed E-state index contributed by atoms with van der Waals surface area (Å²) in [6, 6.07) is 3.77. The Morgan fingerprint density at radius 1 is 1.50 bits per heavy atom. The van der Waals surface area contributed by atoms with E-state index in [4.69, 9.17) is 20.4 Å². The third-order valence-corrected chi connectivity index (χ3v) is 4.04. The zero-order valence-corrected chi connectivity index (χ0v) is 12.4. The van der Waals surface area contributed by atoms with E-state index in [1.807, 2.05) is 0 Å². The minimum atomic E-state index is -0.960. The van der Waals surface area contributed by atoms with Gasteiger partial charge in [0.25, 0.3) is 5.69 Å². The third kappa shape index (κ3) is 2.68. The molecule has 1 saturated heterocycles. The maximum atomic E-state index is 12.3. The number of nitro benzene ring substituents is 1. The van der Waals surface area contributed by atoms with Gasteiger partial charge in [0.15, 0.2) is 0 Å². The molecule has 1 aromatic carbocycles. The van der Waals surface area contributed by atoms with E-state index in [1.165, 1.54) is 18.2 Å². The lowest BCUT2D eigenvalue weighted by Gasteiger charge is -2.38. The number of nitrogens with two attached hydrogens (primary N) is 1. The van der Waals surface area contributed by atoms with E-state index >= 15 is 0 Å². The van der Waals surface area contributed by atoms with Crippen molar-refractivity contribution in [3.63, 3.8) is 0 Å². The number of nitro groups is 1. The summed E-state index contributed by atoms with van der Waals surface area (Å²) < 4.78 is 10.6. The van der Waals surface area contributed by atoms with Crippen molar-refractivity contribution in [2.24, 2.45) is 5.84 Å². The summed E-state index contributed by atoms with van der Waals surface area (Å²) in [5, 5.41) is 30.0. The fourth-order valence-corrected chi connectivity index (χ4v) is 2.86. The topological polar surface area (TPSA) is 160 Å². The standard InChI is InChI=1S/C13H16N4O7/c14-15-12-7-3-6(17(21)22)1-2-9(7)24-13(20)16(12)11-4-8(19)10(5-18)23-11/h1-3,8,10-12,15,18-19H,4-5,14H2/t8-,10+,11+,12?/m0/s1. The number of fused-ring (bicyclic) bond motifs is 1. The van der Waals surface area contributed by atoms with Crippen LogP contribution in [0, 0.1) is 10.1 Å². The zero-order chi connectivity index (χ0) is 17.4. The van der Waals surface area contributed by atoms with Gasteiger partial charge in [0.1, 0.15) is 24.2 Å². The molecule has 3 rings (SSSR count). The Bertz CT molecular complexity index is 670. The van der Waals surface area contributed by atoms with Gasteiger partial charge in [-0.05, 0) is 6.07 Å². The van der Waals surface area contributed by atoms with Crippen LogP contribution in [0.25, 0.3) is 0 Å². The van der Waals surface area contributed by atoms with Crippen molar-refractivity contribution in [2.45, 2.75) is 31.0 Å². The van der Waals surface area contributed by atoms with Gasteiger partial charge in [-0.15, -0.1) is 0 Å². The summed E-state index contributed by atoms with van der Waals surface area (Å²) >= 11 is 0. The molecule has 1 fully saturated rings. The highest BCUT2D eigenvalue weighted by molar-refractivity contribution is 5.75. The first-order chi connectivity index (χ1) is 11.5. The molecule has 1 amide bonds. The molecule has 1 unspecified atom stereocenters. The summed E-state index contributed by atoms with van der Waals surface area (Å²) in [4.78, 5) is 23.8. The highest BCUT2D eigenvalue weighted by Crippen LogP contribution is 2.38. The predicted octanol–water partition coefficient (Wildman–Crippen LogP) is -0.661. The van der Waals surface area contributed by atoms with Crippen LogP contribution in [0.15, 0.2) is 18.2 Å². The second-order valence-electron chi connectivity index (χ2n) is 5.44. The van der Waals surface area contributed by atoms with Crippen molar-refractivity contribution < 1.29 is 29.4 Å². The molecule has 0 aromatic heterocycles. The molecule has 0 saturated carbocycles. The maximum absolute atomic E-state index is 12.3. The minimum absolute atomic E-state index is 0.0444. The minimum Gasteiger partial charge on any atom is -0.410 e. The lowest BCUT2D eigenvalue weighted by molar-refractivity contribution is -0.385. The molecule has 11 nitrogen and oxygen atoms in total. The number of nitrogens with zero attached hydrogens (tertiary/aromatic N) is 2. The molecular weight excluding hydrogens is 324 g/mol. The molecule has 0 radical (unpaired) electrons. The van der Waals surface area contributed by atoms with E-state index in [2.05, 4.69) is 5.43 Å². The smallest absolute Gasteiger partial charge is 0.410 e. The molecule has 24 heavy (non-hydrogen) atoms. The lowest BCUT2D eigenvalue weighted by Crippen LogP contribution is -2.53. The molecule has 2 aliphatic rings. The highest BCUT2D eigenvalue weighted by atomic mass is 16.6. The average molecular weight is 340 g/mol. The van der Waals surface area contributed by atoms with E-state index in [1.54, 1.807) is 0 Å². The number of non-ortho nitro benzene ring substituents is 1. The molecule has 5 N–H and O–H groups in total. The van der Waals surface area contributed by atoms with Crippen LogP contribution in [-0.2, 0) is 4.74 Å². The second kappa shape index (κ2) is 6.30. The number of benzene rings is 1. The number of hydrazine groups is 1. The molecular formula is C13H16N4O7. The Balaban J connectivity index is 1.95.